The minimum absolute atomic E-state index is 0.300. The van der Waals surface area contributed by atoms with Gasteiger partial charge >= 0.3 is 0 Å². The van der Waals surface area contributed by atoms with E-state index in [0.717, 1.165) is 18.0 Å². The van der Waals surface area contributed by atoms with E-state index in [4.69, 9.17) is 16.1 Å². The molecule has 2 atom stereocenters. The van der Waals surface area contributed by atoms with Crippen molar-refractivity contribution in [3.63, 3.8) is 0 Å². The zero-order chi connectivity index (χ0) is 10.7. The van der Waals surface area contributed by atoms with Crippen LogP contribution in [0.4, 0.5) is 0 Å². The second-order valence-electron chi connectivity index (χ2n) is 3.29. The molecule has 0 spiro atoms. The summed E-state index contributed by atoms with van der Waals surface area (Å²) in [6.07, 6.45) is 1.15. The van der Waals surface area contributed by atoms with E-state index in [1.54, 1.807) is 0 Å². The summed E-state index contributed by atoms with van der Waals surface area (Å²) in [7, 11) is 0. The quantitative estimate of drug-likeness (QED) is 0.785. The number of hydrogen-bond acceptors (Lipinski definition) is 5. The maximum atomic E-state index is 5.64. The van der Waals surface area contributed by atoms with Gasteiger partial charge in [0.15, 0.2) is 5.82 Å². The monoisotopic (exact) mass is 264 g/mol. The third-order valence-electron chi connectivity index (χ3n) is 2.31. The van der Waals surface area contributed by atoms with Crippen molar-refractivity contribution in [2.24, 2.45) is 0 Å². The van der Waals surface area contributed by atoms with Crippen LogP contribution in [0.2, 0.25) is 0 Å². The molecule has 0 bridgehead atoms. The van der Waals surface area contributed by atoms with Crippen molar-refractivity contribution in [1.82, 2.24) is 10.1 Å². The van der Waals surface area contributed by atoms with Crippen LogP contribution in [-0.4, -0.2) is 26.9 Å². The number of rotatable bonds is 3. The van der Waals surface area contributed by atoms with E-state index < -0.39 is 0 Å². The maximum Gasteiger partial charge on any atom is 0.241 e. The van der Waals surface area contributed by atoms with Crippen molar-refractivity contribution in [2.45, 2.75) is 29.7 Å². The first kappa shape index (κ1) is 11.6. The smallest absolute Gasteiger partial charge is 0.241 e. The summed E-state index contributed by atoms with van der Waals surface area (Å²) in [5, 5.41) is 4.98. The molecule has 1 aliphatic heterocycles. The second-order valence-corrected chi connectivity index (χ2v) is 6.15. The normalized spacial score (nSPS) is 26.8. The number of halogens is 1. The molecule has 1 saturated heterocycles. The molecule has 2 unspecified atom stereocenters. The van der Waals surface area contributed by atoms with Gasteiger partial charge in [0.25, 0.3) is 0 Å². The highest BCUT2D eigenvalue weighted by molar-refractivity contribution is 8.06. The molecule has 0 aliphatic carbocycles. The molecular weight excluding hydrogens is 252 g/mol. The standard InChI is InChI=1S/C9H13ClN2OS2/c1-2-6-8(15-4-3-14-6)9-11-7(5-10)13-12-9/h6,8H,2-5H2,1H3. The van der Waals surface area contributed by atoms with Gasteiger partial charge in [-0.05, 0) is 6.42 Å². The summed E-state index contributed by atoms with van der Waals surface area (Å²) < 4.78 is 5.04. The number of alkyl halides is 1. The van der Waals surface area contributed by atoms with Crippen LogP contribution in [0, 0.1) is 0 Å². The van der Waals surface area contributed by atoms with Crippen LogP contribution in [-0.2, 0) is 5.88 Å². The Hall–Kier alpha value is 0.130. The molecule has 0 aromatic carbocycles. The van der Waals surface area contributed by atoms with E-state index in [1.165, 1.54) is 5.75 Å². The number of aromatic nitrogens is 2. The third-order valence-corrected chi connectivity index (χ3v) is 5.78. The Bertz CT molecular complexity index is 321. The van der Waals surface area contributed by atoms with Crippen LogP contribution in [0.3, 0.4) is 0 Å². The van der Waals surface area contributed by atoms with Crippen molar-refractivity contribution < 1.29 is 4.52 Å². The number of nitrogens with zero attached hydrogens (tertiary/aromatic N) is 2. The molecule has 0 amide bonds. The van der Waals surface area contributed by atoms with Crippen molar-refractivity contribution in [3.8, 4) is 0 Å². The van der Waals surface area contributed by atoms with Crippen molar-refractivity contribution in [2.75, 3.05) is 11.5 Å². The predicted molar refractivity (Wildman–Crippen MR) is 65.6 cm³/mol. The molecule has 0 N–H and O–H groups in total. The summed E-state index contributed by atoms with van der Waals surface area (Å²) in [5.74, 6) is 4.03. The SMILES string of the molecule is CCC1SCCSC1c1noc(CCl)n1. The van der Waals surface area contributed by atoms with Gasteiger partial charge in [0, 0.05) is 16.8 Å². The van der Waals surface area contributed by atoms with Gasteiger partial charge in [-0.2, -0.15) is 16.7 Å². The van der Waals surface area contributed by atoms with Gasteiger partial charge < -0.3 is 4.52 Å². The van der Waals surface area contributed by atoms with Gasteiger partial charge in [0.2, 0.25) is 5.89 Å². The Balaban J connectivity index is 2.12. The Morgan fingerprint density at radius 1 is 1.47 bits per heavy atom. The molecule has 15 heavy (non-hydrogen) atoms. The second kappa shape index (κ2) is 5.46. The fourth-order valence-electron chi connectivity index (χ4n) is 1.58. The largest absolute Gasteiger partial charge is 0.338 e. The van der Waals surface area contributed by atoms with Gasteiger partial charge in [0.1, 0.15) is 5.88 Å². The summed E-state index contributed by atoms with van der Waals surface area (Å²) in [6, 6.07) is 0. The zero-order valence-electron chi connectivity index (χ0n) is 8.48. The molecule has 1 aromatic rings. The highest BCUT2D eigenvalue weighted by atomic mass is 35.5. The molecule has 1 aromatic heterocycles. The van der Waals surface area contributed by atoms with Crippen molar-refractivity contribution >= 4 is 35.1 Å². The molecule has 84 valence electrons. The van der Waals surface area contributed by atoms with Crippen LogP contribution < -0.4 is 0 Å². The fraction of sp³-hybridized carbons (Fsp3) is 0.778. The first-order valence-electron chi connectivity index (χ1n) is 4.96. The first-order chi connectivity index (χ1) is 7.35. The van der Waals surface area contributed by atoms with E-state index in [1.807, 2.05) is 23.5 Å². The molecule has 6 heteroatoms. The van der Waals surface area contributed by atoms with Crippen LogP contribution in [0.15, 0.2) is 4.52 Å². The van der Waals surface area contributed by atoms with Crippen molar-refractivity contribution in [1.29, 1.82) is 0 Å². The Kier molecular flexibility index (Phi) is 4.22. The molecule has 1 fully saturated rings. The van der Waals surface area contributed by atoms with E-state index in [-0.39, 0.29) is 0 Å². The predicted octanol–water partition coefficient (Wildman–Crippen LogP) is 3.11. The van der Waals surface area contributed by atoms with Crippen LogP contribution >= 0.6 is 35.1 Å². The summed E-state index contributed by atoms with van der Waals surface area (Å²) in [4.78, 5) is 4.31. The topological polar surface area (TPSA) is 38.9 Å². The van der Waals surface area contributed by atoms with Gasteiger partial charge in [-0.15, -0.1) is 23.4 Å². The maximum absolute atomic E-state index is 5.64. The fourth-order valence-corrected chi connectivity index (χ4v) is 4.67. The summed E-state index contributed by atoms with van der Waals surface area (Å²) in [6.45, 7) is 2.21. The van der Waals surface area contributed by atoms with Gasteiger partial charge in [-0.25, -0.2) is 0 Å². The van der Waals surface area contributed by atoms with Gasteiger partial charge in [-0.3, -0.25) is 0 Å². The first-order valence-corrected chi connectivity index (χ1v) is 7.60. The lowest BCUT2D eigenvalue weighted by Crippen LogP contribution is -2.19. The van der Waals surface area contributed by atoms with Crippen LogP contribution in [0.25, 0.3) is 0 Å². The lowest BCUT2D eigenvalue weighted by molar-refractivity contribution is 0.383. The zero-order valence-corrected chi connectivity index (χ0v) is 10.9. The Morgan fingerprint density at radius 3 is 2.93 bits per heavy atom. The average molecular weight is 265 g/mol. The molecular formula is C9H13ClN2OS2. The molecule has 3 nitrogen and oxygen atoms in total. The van der Waals surface area contributed by atoms with E-state index in [2.05, 4.69) is 17.1 Å². The Labute approximate surface area is 103 Å². The van der Waals surface area contributed by atoms with Gasteiger partial charge in [-0.1, -0.05) is 12.1 Å². The Morgan fingerprint density at radius 2 is 2.27 bits per heavy atom. The number of hydrogen-bond donors (Lipinski definition) is 0. The minimum Gasteiger partial charge on any atom is -0.338 e. The molecule has 2 rings (SSSR count). The van der Waals surface area contributed by atoms with Crippen molar-refractivity contribution in [3.05, 3.63) is 11.7 Å². The average Bonchev–Trinajstić information content (AvgIpc) is 2.77. The minimum atomic E-state index is 0.300. The van der Waals surface area contributed by atoms with E-state index in [9.17, 15) is 0 Å². The highest BCUT2D eigenvalue weighted by Gasteiger charge is 2.30. The molecule has 0 saturated carbocycles. The molecule has 2 heterocycles. The molecule has 0 radical (unpaired) electrons. The third kappa shape index (κ3) is 2.63. The van der Waals surface area contributed by atoms with E-state index in [0.29, 0.717) is 22.3 Å². The lowest BCUT2D eigenvalue weighted by atomic mass is 10.2. The molecule has 1 aliphatic rings. The van der Waals surface area contributed by atoms with Crippen LogP contribution in [0.5, 0.6) is 0 Å². The summed E-state index contributed by atoms with van der Waals surface area (Å²) in [5.41, 5.74) is 0. The van der Waals surface area contributed by atoms with Gasteiger partial charge in [0.05, 0.1) is 5.25 Å². The highest BCUT2D eigenvalue weighted by Crippen LogP contribution is 2.42. The summed E-state index contributed by atoms with van der Waals surface area (Å²) >= 11 is 9.57. The van der Waals surface area contributed by atoms with E-state index >= 15 is 0 Å². The number of thioether (sulfide) groups is 2. The van der Waals surface area contributed by atoms with Crippen LogP contribution in [0.1, 0.15) is 30.3 Å². The lowest BCUT2D eigenvalue weighted by Gasteiger charge is -2.27.